The number of aliphatic imine (C=N–C) groups is 2. The predicted octanol–water partition coefficient (Wildman–Crippen LogP) is 3.11. The van der Waals surface area contributed by atoms with Crippen LogP contribution in [-0.2, 0) is 13.1 Å². The first-order chi connectivity index (χ1) is 11.9. The molecule has 0 fully saturated rings. The van der Waals surface area contributed by atoms with Crippen molar-refractivity contribution in [2.75, 3.05) is 0 Å². The van der Waals surface area contributed by atoms with Gasteiger partial charge >= 0.3 is 0 Å². The number of aromatic nitrogens is 3. The van der Waals surface area contributed by atoms with Crippen molar-refractivity contribution in [3.05, 3.63) is 89.8 Å². The number of hydrogen-bond acceptors (Lipinski definition) is 5. The molecule has 3 aromatic rings. The van der Waals surface area contributed by atoms with Crippen molar-refractivity contribution in [2.24, 2.45) is 9.98 Å². The van der Waals surface area contributed by atoms with Crippen LogP contribution >= 0.6 is 0 Å². The minimum atomic E-state index is 0.592. The topological polar surface area (TPSA) is 63.4 Å². The van der Waals surface area contributed by atoms with Gasteiger partial charge in [-0.2, -0.15) is 0 Å². The molecule has 0 aromatic carbocycles. The van der Waals surface area contributed by atoms with E-state index in [9.17, 15) is 0 Å². The van der Waals surface area contributed by atoms with E-state index in [0.29, 0.717) is 13.1 Å². The molecule has 24 heavy (non-hydrogen) atoms. The van der Waals surface area contributed by atoms with Gasteiger partial charge in [-0.3, -0.25) is 20.0 Å². The number of pyridine rings is 3. The summed E-state index contributed by atoms with van der Waals surface area (Å²) in [6.45, 7) is 1.18. The Kier molecular flexibility index (Phi) is 5.51. The maximum absolute atomic E-state index is 4.51. The summed E-state index contributed by atoms with van der Waals surface area (Å²) in [5.74, 6) is 0. The van der Waals surface area contributed by atoms with Crippen molar-refractivity contribution in [1.29, 1.82) is 0 Å². The molecule has 0 saturated carbocycles. The van der Waals surface area contributed by atoms with Crippen LogP contribution in [0.25, 0.3) is 0 Å². The Balaban J connectivity index is 1.59. The lowest BCUT2D eigenvalue weighted by molar-refractivity contribution is 1.05. The summed E-state index contributed by atoms with van der Waals surface area (Å²) < 4.78 is 0. The standard InChI is InChI=1S/C19H17N5/c1-6-18(14-22-12-16-4-2-8-20-10-16)24-19(7-1)15-23-13-17-5-3-9-21-11-17/h1-11,14-15H,12-13H2. The van der Waals surface area contributed by atoms with E-state index in [-0.39, 0.29) is 0 Å². The normalized spacial score (nSPS) is 11.3. The lowest BCUT2D eigenvalue weighted by Gasteiger charge is -1.97. The van der Waals surface area contributed by atoms with Crippen LogP contribution in [0.4, 0.5) is 0 Å². The molecule has 0 aliphatic carbocycles. The minimum absolute atomic E-state index is 0.592. The molecule has 0 atom stereocenters. The lowest BCUT2D eigenvalue weighted by atomic mass is 10.3. The fourth-order valence-corrected chi connectivity index (χ4v) is 2.09. The highest BCUT2D eigenvalue weighted by Gasteiger charge is 1.94. The monoisotopic (exact) mass is 315 g/mol. The third kappa shape index (κ3) is 4.91. The summed E-state index contributed by atoms with van der Waals surface area (Å²) in [7, 11) is 0. The van der Waals surface area contributed by atoms with Gasteiger partial charge in [-0.15, -0.1) is 0 Å². The van der Waals surface area contributed by atoms with Gasteiger partial charge in [0.2, 0.25) is 0 Å². The van der Waals surface area contributed by atoms with E-state index >= 15 is 0 Å². The van der Waals surface area contributed by atoms with Crippen molar-refractivity contribution in [2.45, 2.75) is 13.1 Å². The van der Waals surface area contributed by atoms with Gasteiger partial charge in [-0.1, -0.05) is 18.2 Å². The fraction of sp³-hybridized carbons (Fsp3) is 0.105. The molecule has 5 nitrogen and oxygen atoms in total. The second-order valence-electron chi connectivity index (χ2n) is 5.15. The maximum atomic E-state index is 4.51. The highest BCUT2D eigenvalue weighted by atomic mass is 14.8. The first-order valence-corrected chi connectivity index (χ1v) is 7.65. The second kappa shape index (κ2) is 8.43. The number of nitrogens with zero attached hydrogens (tertiary/aromatic N) is 5. The van der Waals surface area contributed by atoms with Gasteiger partial charge in [0.05, 0.1) is 24.5 Å². The molecule has 0 aliphatic rings. The van der Waals surface area contributed by atoms with E-state index in [1.807, 2.05) is 54.9 Å². The highest BCUT2D eigenvalue weighted by Crippen LogP contribution is 2.01. The van der Waals surface area contributed by atoms with E-state index in [4.69, 9.17) is 0 Å². The van der Waals surface area contributed by atoms with Crippen LogP contribution in [-0.4, -0.2) is 27.4 Å². The van der Waals surface area contributed by atoms with Crippen molar-refractivity contribution in [3.63, 3.8) is 0 Å². The Morgan fingerprint density at radius 1 is 0.708 bits per heavy atom. The Bertz CT molecular complexity index is 747. The van der Waals surface area contributed by atoms with Crippen molar-refractivity contribution >= 4 is 12.4 Å². The first-order valence-electron chi connectivity index (χ1n) is 7.65. The highest BCUT2D eigenvalue weighted by molar-refractivity contribution is 5.81. The quantitative estimate of drug-likeness (QED) is 0.657. The number of hydrogen-bond donors (Lipinski definition) is 0. The summed E-state index contributed by atoms with van der Waals surface area (Å²) in [5, 5.41) is 0. The Labute approximate surface area is 140 Å². The predicted molar refractivity (Wildman–Crippen MR) is 95.3 cm³/mol. The van der Waals surface area contributed by atoms with Gasteiger partial charge in [-0.25, -0.2) is 4.98 Å². The fourth-order valence-electron chi connectivity index (χ4n) is 2.09. The Hall–Kier alpha value is -3.21. The third-order valence-corrected chi connectivity index (χ3v) is 3.23. The Morgan fingerprint density at radius 2 is 1.25 bits per heavy atom. The summed E-state index contributed by atoms with van der Waals surface area (Å²) in [5.41, 5.74) is 3.76. The summed E-state index contributed by atoms with van der Waals surface area (Å²) >= 11 is 0. The van der Waals surface area contributed by atoms with Gasteiger partial charge in [0, 0.05) is 37.2 Å². The molecular formula is C19H17N5. The van der Waals surface area contributed by atoms with E-state index in [1.165, 1.54) is 0 Å². The van der Waals surface area contributed by atoms with Crippen molar-refractivity contribution in [1.82, 2.24) is 15.0 Å². The lowest BCUT2D eigenvalue weighted by Crippen LogP contribution is -1.94. The van der Waals surface area contributed by atoms with Crippen LogP contribution in [0.1, 0.15) is 22.5 Å². The van der Waals surface area contributed by atoms with Gasteiger partial charge < -0.3 is 0 Å². The summed E-state index contributed by atoms with van der Waals surface area (Å²) in [6, 6.07) is 13.6. The third-order valence-electron chi connectivity index (χ3n) is 3.23. The average molecular weight is 315 g/mol. The average Bonchev–Trinajstić information content (AvgIpc) is 2.64. The summed E-state index contributed by atoms with van der Waals surface area (Å²) in [4.78, 5) is 21.4. The van der Waals surface area contributed by atoms with E-state index < -0.39 is 0 Å². The molecular weight excluding hydrogens is 298 g/mol. The summed E-state index contributed by atoms with van der Waals surface area (Å²) in [6.07, 6.45) is 10.7. The van der Waals surface area contributed by atoms with Crippen LogP contribution < -0.4 is 0 Å². The zero-order valence-electron chi connectivity index (χ0n) is 13.2. The molecule has 5 heteroatoms. The van der Waals surface area contributed by atoms with Crippen LogP contribution in [0, 0.1) is 0 Å². The smallest absolute Gasteiger partial charge is 0.0815 e. The number of rotatable bonds is 6. The van der Waals surface area contributed by atoms with Gasteiger partial charge in [0.15, 0.2) is 0 Å². The molecule has 0 aliphatic heterocycles. The minimum Gasteiger partial charge on any atom is -0.286 e. The van der Waals surface area contributed by atoms with Crippen LogP contribution in [0.5, 0.6) is 0 Å². The zero-order chi connectivity index (χ0) is 16.5. The van der Waals surface area contributed by atoms with E-state index in [2.05, 4.69) is 24.9 Å². The molecule has 3 aromatic heterocycles. The van der Waals surface area contributed by atoms with Crippen molar-refractivity contribution < 1.29 is 0 Å². The molecule has 0 radical (unpaired) electrons. The molecule has 118 valence electrons. The van der Waals surface area contributed by atoms with E-state index in [0.717, 1.165) is 22.5 Å². The molecule has 0 N–H and O–H groups in total. The maximum Gasteiger partial charge on any atom is 0.0815 e. The van der Waals surface area contributed by atoms with Crippen LogP contribution in [0.2, 0.25) is 0 Å². The molecule has 0 saturated heterocycles. The molecule has 3 rings (SSSR count). The SMILES string of the molecule is C(=NCc1cccnc1)c1cccc(C=NCc2cccnc2)n1. The van der Waals surface area contributed by atoms with Gasteiger partial charge in [0.1, 0.15) is 0 Å². The molecule has 0 bridgehead atoms. The zero-order valence-corrected chi connectivity index (χ0v) is 13.2. The van der Waals surface area contributed by atoms with Crippen LogP contribution in [0.3, 0.4) is 0 Å². The largest absolute Gasteiger partial charge is 0.286 e. The molecule has 3 heterocycles. The van der Waals surface area contributed by atoms with Gasteiger partial charge in [-0.05, 0) is 35.4 Å². The van der Waals surface area contributed by atoms with E-state index in [1.54, 1.807) is 24.8 Å². The Morgan fingerprint density at radius 3 is 1.71 bits per heavy atom. The van der Waals surface area contributed by atoms with Crippen molar-refractivity contribution in [3.8, 4) is 0 Å². The van der Waals surface area contributed by atoms with Crippen LogP contribution in [0.15, 0.2) is 77.2 Å². The molecule has 0 amide bonds. The first kappa shape index (κ1) is 15.7. The molecule has 0 spiro atoms. The second-order valence-corrected chi connectivity index (χ2v) is 5.15. The van der Waals surface area contributed by atoms with Gasteiger partial charge in [0.25, 0.3) is 0 Å². The molecule has 0 unspecified atom stereocenters.